The fourth-order valence-corrected chi connectivity index (χ4v) is 0.895. The molecule has 0 spiro atoms. The molecular weight excluding hydrogens is 204 g/mol. The molecule has 1 rings (SSSR count). The van der Waals surface area contributed by atoms with Crippen LogP contribution in [0, 0.1) is 5.92 Å². The summed E-state index contributed by atoms with van der Waals surface area (Å²) in [5.74, 6) is -0.201. The maximum Gasteiger partial charge on any atom is 0.308 e. The van der Waals surface area contributed by atoms with Crippen LogP contribution in [0.15, 0.2) is 30.3 Å². The number of ether oxygens (including phenoxy) is 2. The molecule has 0 amide bonds. The Morgan fingerprint density at radius 3 is 2.12 bits per heavy atom. The highest BCUT2D eigenvalue weighted by atomic mass is 16.5. The van der Waals surface area contributed by atoms with E-state index in [1.54, 1.807) is 14.2 Å². The molecule has 0 aliphatic heterocycles. The third-order valence-electron chi connectivity index (χ3n) is 1.70. The largest absolute Gasteiger partial charge is 0.461 e. The average Bonchev–Trinajstić information content (AvgIpc) is 2.28. The molecule has 1 aromatic carbocycles. The van der Waals surface area contributed by atoms with Crippen LogP contribution in [0.2, 0.25) is 0 Å². The molecule has 0 fully saturated rings. The average molecular weight is 224 g/mol. The van der Waals surface area contributed by atoms with Gasteiger partial charge >= 0.3 is 5.97 Å². The van der Waals surface area contributed by atoms with Crippen molar-refractivity contribution in [2.45, 2.75) is 20.5 Å². The monoisotopic (exact) mass is 224 g/mol. The molecule has 0 aliphatic carbocycles. The Hall–Kier alpha value is -1.35. The van der Waals surface area contributed by atoms with E-state index in [0.29, 0.717) is 6.61 Å². The maximum atomic E-state index is 11.1. The molecule has 1 aromatic rings. The molecule has 3 nitrogen and oxygen atoms in total. The van der Waals surface area contributed by atoms with Gasteiger partial charge in [-0.15, -0.1) is 0 Å². The summed E-state index contributed by atoms with van der Waals surface area (Å²) in [6, 6.07) is 9.67. The van der Waals surface area contributed by atoms with Crippen LogP contribution in [0.5, 0.6) is 0 Å². The van der Waals surface area contributed by atoms with Crippen LogP contribution in [-0.2, 0) is 20.9 Å². The third kappa shape index (κ3) is 7.01. The molecule has 0 radical (unpaired) electrons. The first-order valence-electron chi connectivity index (χ1n) is 5.22. The minimum absolute atomic E-state index is 0.0521. The molecule has 0 heterocycles. The lowest BCUT2D eigenvalue weighted by Gasteiger charge is -2.06. The van der Waals surface area contributed by atoms with Gasteiger partial charge in [-0.3, -0.25) is 4.79 Å². The number of carbonyl (C=O) groups is 1. The maximum absolute atomic E-state index is 11.1. The van der Waals surface area contributed by atoms with Crippen LogP contribution in [-0.4, -0.2) is 20.2 Å². The Morgan fingerprint density at radius 2 is 1.69 bits per heavy atom. The van der Waals surface area contributed by atoms with E-state index in [9.17, 15) is 4.79 Å². The lowest BCUT2D eigenvalue weighted by Crippen LogP contribution is -2.11. The summed E-state index contributed by atoms with van der Waals surface area (Å²) in [7, 11) is 3.25. The zero-order valence-electron chi connectivity index (χ0n) is 10.4. The summed E-state index contributed by atoms with van der Waals surface area (Å²) < 4.78 is 9.30. The van der Waals surface area contributed by atoms with Gasteiger partial charge in [-0.25, -0.2) is 0 Å². The number of esters is 1. The fraction of sp³-hybridized carbons (Fsp3) is 0.462. The Morgan fingerprint density at radius 1 is 1.19 bits per heavy atom. The Balaban J connectivity index is 0.000000673. The van der Waals surface area contributed by atoms with Gasteiger partial charge in [-0.2, -0.15) is 0 Å². The molecule has 0 bridgehead atoms. The molecule has 0 aliphatic rings. The summed E-state index contributed by atoms with van der Waals surface area (Å²) in [6.07, 6.45) is 0. The van der Waals surface area contributed by atoms with E-state index in [1.807, 2.05) is 44.2 Å². The first-order chi connectivity index (χ1) is 7.61. The topological polar surface area (TPSA) is 35.5 Å². The number of hydrogen-bond donors (Lipinski definition) is 0. The third-order valence-corrected chi connectivity index (χ3v) is 1.70. The van der Waals surface area contributed by atoms with Gasteiger partial charge in [-0.1, -0.05) is 44.2 Å². The van der Waals surface area contributed by atoms with Crippen LogP contribution in [0.1, 0.15) is 19.4 Å². The van der Waals surface area contributed by atoms with Crippen LogP contribution in [0.4, 0.5) is 0 Å². The smallest absolute Gasteiger partial charge is 0.308 e. The van der Waals surface area contributed by atoms with Crippen LogP contribution in [0.3, 0.4) is 0 Å². The van der Waals surface area contributed by atoms with Gasteiger partial charge in [0, 0.05) is 14.2 Å². The molecule has 0 aromatic heterocycles. The quantitative estimate of drug-likeness (QED) is 0.740. The summed E-state index contributed by atoms with van der Waals surface area (Å²) in [4.78, 5) is 11.1. The number of methoxy groups -OCH3 is 1. The number of carbonyl (C=O) groups excluding carboxylic acids is 1. The van der Waals surface area contributed by atoms with E-state index >= 15 is 0 Å². The van der Waals surface area contributed by atoms with E-state index in [0.717, 1.165) is 5.56 Å². The zero-order chi connectivity index (χ0) is 12.4. The van der Waals surface area contributed by atoms with E-state index in [2.05, 4.69) is 4.74 Å². The second-order valence-corrected chi connectivity index (χ2v) is 3.66. The van der Waals surface area contributed by atoms with Crippen LogP contribution in [0.25, 0.3) is 0 Å². The van der Waals surface area contributed by atoms with E-state index in [1.165, 1.54) is 0 Å². The minimum atomic E-state index is -0.149. The van der Waals surface area contributed by atoms with Gasteiger partial charge in [0.2, 0.25) is 0 Å². The second-order valence-electron chi connectivity index (χ2n) is 3.66. The Bertz CT molecular complexity index is 280. The lowest BCUT2D eigenvalue weighted by molar-refractivity contribution is -0.148. The number of hydrogen-bond acceptors (Lipinski definition) is 3. The molecule has 16 heavy (non-hydrogen) atoms. The molecule has 0 saturated carbocycles. The van der Waals surface area contributed by atoms with Crippen molar-refractivity contribution < 1.29 is 14.3 Å². The normalized spacial score (nSPS) is 9.31. The van der Waals surface area contributed by atoms with Gasteiger partial charge in [0.1, 0.15) is 6.61 Å². The van der Waals surface area contributed by atoms with Gasteiger partial charge < -0.3 is 9.47 Å². The van der Waals surface area contributed by atoms with Crippen molar-refractivity contribution >= 4 is 5.97 Å². The van der Waals surface area contributed by atoms with Crippen molar-refractivity contribution in [3.05, 3.63) is 35.9 Å². The summed E-state index contributed by atoms with van der Waals surface area (Å²) in [5.41, 5.74) is 1.02. The molecule has 90 valence electrons. The highest BCUT2D eigenvalue weighted by Crippen LogP contribution is 2.03. The highest BCUT2D eigenvalue weighted by Gasteiger charge is 2.07. The molecule has 3 heteroatoms. The SMILES string of the molecule is CC(C)C(=O)OCc1ccccc1.COC. The van der Waals surface area contributed by atoms with E-state index in [4.69, 9.17) is 4.74 Å². The van der Waals surface area contributed by atoms with Crippen molar-refractivity contribution in [3.8, 4) is 0 Å². The molecular formula is C13H20O3. The Labute approximate surface area is 97.4 Å². The van der Waals surface area contributed by atoms with Crippen LogP contribution < -0.4 is 0 Å². The fourth-order valence-electron chi connectivity index (χ4n) is 0.895. The molecule has 0 saturated heterocycles. The van der Waals surface area contributed by atoms with Crippen molar-refractivity contribution in [2.75, 3.05) is 14.2 Å². The lowest BCUT2D eigenvalue weighted by atomic mass is 10.2. The van der Waals surface area contributed by atoms with Crippen LogP contribution >= 0.6 is 0 Å². The second kappa shape index (κ2) is 8.92. The van der Waals surface area contributed by atoms with E-state index < -0.39 is 0 Å². The number of benzene rings is 1. The molecule has 0 atom stereocenters. The van der Waals surface area contributed by atoms with Crippen molar-refractivity contribution in [1.29, 1.82) is 0 Å². The van der Waals surface area contributed by atoms with Gasteiger partial charge in [0.25, 0.3) is 0 Å². The van der Waals surface area contributed by atoms with Crippen molar-refractivity contribution in [2.24, 2.45) is 5.92 Å². The van der Waals surface area contributed by atoms with Gasteiger partial charge in [0.05, 0.1) is 5.92 Å². The first kappa shape index (κ1) is 14.6. The highest BCUT2D eigenvalue weighted by molar-refractivity contribution is 5.71. The Kier molecular flexibility index (Phi) is 8.17. The van der Waals surface area contributed by atoms with Gasteiger partial charge in [-0.05, 0) is 5.56 Å². The predicted octanol–water partition coefficient (Wildman–Crippen LogP) is 2.65. The van der Waals surface area contributed by atoms with E-state index in [-0.39, 0.29) is 11.9 Å². The summed E-state index contributed by atoms with van der Waals surface area (Å²) in [5, 5.41) is 0. The molecule has 0 unspecified atom stereocenters. The van der Waals surface area contributed by atoms with Crippen molar-refractivity contribution in [1.82, 2.24) is 0 Å². The number of rotatable bonds is 3. The predicted molar refractivity (Wildman–Crippen MR) is 64.0 cm³/mol. The summed E-state index contributed by atoms with van der Waals surface area (Å²) >= 11 is 0. The zero-order valence-corrected chi connectivity index (χ0v) is 10.4. The van der Waals surface area contributed by atoms with Crippen molar-refractivity contribution in [3.63, 3.8) is 0 Å². The minimum Gasteiger partial charge on any atom is -0.461 e. The standard InChI is InChI=1S/C11H14O2.C2H6O/c1-9(2)11(12)13-8-10-6-4-3-5-7-10;1-3-2/h3-7,9H,8H2,1-2H3;1-2H3. The first-order valence-corrected chi connectivity index (χ1v) is 5.22. The molecule has 0 N–H and O–H groups in total. The summed E-state index contributed by atoms with van der Waals surface area (Å²) in [6.45, 7) is 4.03. The van der Waals surface area contributed by atoms with Gasteiger partial charge in [0.15, 0.2) is 0 Å².